The minimum absolute atomic E-state index is 0.447. The average molecular weight is 220 g/mol. The monoisotopic (exact) mass is 219 g/mol. The van der Waals surface area contributed by atoms with Gasteiger partial charge in [0, 0.05) is 16.8 Å². The SMILES string of the molecule is O=C=NSc1ccc(Cl)c(Cl)c1. The van der Waals surface area contributed by atoms with Gasteiger partial charge in [-0.25, -0.2) is 4.79 Å². The van der Waals surface area contributed by atoms with Crippen molar-refractivity contribution < 1.29 is 4.79 Å². The van der Waals surface area contributed by atoms with Crippen LogP contribution in [0.15, 0.2) is 27.5 Å². The molecule has 0 saturated heterocycles. The van der Waals surface area contributed by atoms with Crippen LogP contribution in [0.25, 0.3) is 0 Å². The Balaban J connectivity index is 2.89. The lowest BCUT2D eigenvalue weighted by Gasteiger charge is -1.96. The first kappa shape index (κ1) is 9.62. The maximum Gasteiger partial charge on any atom is 0.247 e. The number of hydrogen-bond acceptors (Lipinski definition) is 3. The second-order valence-corrected chi connectivity index (χ2v) is 3.50. The van der Waals surface area contributed by atoms with Crippen LogP contribution in [0.4, 0.5) is 0 Å². The van der Waals surface area contributed by atoms with Crippen LogP contribution >= 0.6 is 35.1 Å². The van der Waals surface area contributed by atoms with E-state index in [0.29, 0.717) is 10.0 Å². The second-order valence-electron chi connectivity index (χ2n) is 1.85. The molecule has 0 aliphatic carbocycles. The van der Waals surface area contributed by atoms with Gasteiger partial charge in [-0.15, -0.1) is 4.40 Å². The van der Waals surface area contributed by atoms with Crippen molar-refractivity contribution in [2.75, 3.05) is 0 Å². The Morgan fingerprint density at radius 3 is 2.67 bits per heavy atom. The lowest BCUT2D eigenvalue weighted by Crippen LogP contribution is -1.70. The molecular weight excluding hydrogens is 217 g/mol. The molecule has 1 aromatic carbocycles. The van der Waals surface area contributed by atoms with Crippen molar-refractivity contribution in [3.8, 4) is 0 Å². The number of hydrogen-bond donors (Lipinski definition) is 0. The highest BCUT2D eigenvalue weighted by atomic mass is 35.5. The van der Waals surface area contributed by atoms with E-state index in [1.165, 1.54) is 6.08 Å². The number of halogens is 2. The highest BCUT2D eigenvalue weighted by molar-refractivity contribution is 7.98. The van der Waals surface area contributed by atoms with E-state index in [1.807, 2.05) is 0 Å². The number of benzene rings is 1. The standard InChI is InChI=1S/C7H3Cl2NOS/c8-6-2-1-5(3-7(6)9)12-10-4-11/h1-3H. The zero-order valence-corrected chi connectivity index (χ0v) is 8.08. The molecule has 0 aliphatic rings. The van der Waals surface area contributed by atoms with Crippen molar-refractivity contribution in [1.82, 2.24) is 0 Å². The van der Waals surface area contributed by atoms with Crippen molar-refractivity contribution in [2.45, 2.75) is 4.90 Å². The first-order valence-electron chi connectivity index (χ1n) is 2.93. The molecule has 0 radical (unpaired) electrons. The minimum Gasteiger partial charge on any atom is -0.210 e. The summed E-state index contributed by atoms with van der Waals surface area (Å²) >= 11 is 12.4. The van der Waals surface area contributed by atoms with Crippen LogP contribution in [0.3, 0.4) is 0 Å². The molecule has 0 N–H and O–H groups in total. The van der Waals surface area contributed by atoms with Gasteiger partial charge >= 0.3 is 0 Å². The van der Waals surface area contributed by atoms with Gasteiger partial charge in [-0.2, -0.15) is 0 Å². The molecule has 0 aliphatic heterocycles. The van der Waals surface area contributed by atoms with Crippen molar-refractivity contribution >= 4 is 41.2 Å². The first-order valence-corrected chi connectivity index (χ1v) is 4.46. The third-order valence-electron chi connectivity index (χ3n) is 1.08. The van der Waals surface area contributed by atoms with E-state index in [9.17, 15) is 4.79 Å². The van der Waals surface area contributed by atoms with Crippen LogP contribution in [0.1, 0.15) is 0 Å². The van der Waals surface area contributed by atoms with Crippen molar-refractivity contribution in [3.05, 3.63) is 28.2 Å². The normalized spacial score (nSPS) is 9.17. The Hall–Kier alpha value is -0.470. The van der Waals surface area contributed by atoms with Gasteiger partial charge in [0.25, 0.3) is 0 Å². The van der Waals surface area contributed by atoms with Crippen LogP contribution < -0.4 is 0 Å². The molecule has 1 aromatic rings. The van der Waals surface area contributed by atoms with Gasteiger partial charge in [0.05, 0.1) is 10.0 Å². The van der Waals surface area contributed by atoms with Crippen LogP contribution in [0.2, 0.25) is 10.0 Å². The fraction of sp³-hybridized carbons (Fsp3) is 0. The summed E-state index contributed by atoms with van der Waals surface area (Å²) in [5.74, 6) is 0. The first-order chi connectivity index (χ1) is 5.74. The topological polar surface area (TPSA) is 29.4 Å². The number of carbonyl (C=O) groups excluding carboxylic acids is 1. The Kier molecular flexibility index (Phi) is 3.63. The molecule has 5 heteroatoms. The van der Waals surface area contributed by atoms with Gasteiger partial charge < -0.3 is 0 Å². The van der Waals surface area contributed by atoms with E-state index in [1.54, 1.807) is 18.2 Å². The molecule has 0 heterocycles. The molecular formula is C7H3Cl2NOS. The molecule has 0 bridgehead atoms. The Bertz CT molecular complexity index is 336. The molecule has 0 amide bonds. The van der Waals surface area contributed by atoms with Crippen LogP contribution in [-0.2, 0) is 4.79 Å². The summed E-state index contributed by atoms with van der Waals surface area (Å²) in [7, 11) is 0. The van der Waals surface area contributed by atoms with Crippen molar-refractivity contribution in [3.63, 3.8) is 0 Å². The van der Waals surface area contributed by atoms with E-state index in [0.717, 1.165) is 16.8 Å². The summed E-state index contributed by atoms with van der Waals surface area (Å²) in [5, 5.41) is 0.930. The van der Waals surface area contributed by atoms with E-state index in [2.05, 4.69) is 4.40 Å². The number of rotatable bonds is 2. The van der Waals surface area contributed by atoms with Gasteiger partial charge in [-0.1, -0.05) is 23.2 Å². The van der Waals surface area contributed by atoms with Gasteiger partial charge in [0.15, 0.2) is 0 Å². The summed E-state index contributed by atoms with van der Waals surface area (Å²) in [6.45, 7) is 0. The molecule has 62 valence electrons. The minimum atomic E-state index is 0.447. The largest absolute Gasteiger partial charge is 0.247 e. The molecule has 2 nitrogen and oxygen atoms in total. The summed E-state index contributed by atoms with van der Waals surface area (Å²) in [6.07, 6.45) is 1.41. The van der Waals surface area contributed by atoms with Gasteiger partial charge in [0.2, 0.25) is 6.08 Å². The van der Waals surface area contributed by atoms with Crippen LogP contribution in [-0.4, -0.2) is 6.08 Å². The predicted octanol–water partition coefficient (Wildman–Crippen LogP) is 3.34. The fourth-order valence-electron chi connectivity index (χ4n) is 0.605. The van der Waals surface area contributed by atoms with E-state index in [4.69, 9.17) is 23.2 Å². The molecule has 12 heavy (non-hydrogen) atoms. The fourth-order valence-corrected chi connectivity index (χ4v) is 1.41. The van der Waals surface area contributed by atoms with Crippen molar-refractivity contribution in [1.29, 1.82) is 0 Å². The second kappa shape index (κ2) is 4.53. The summed E-state index contributed by atoms with van der Waals surface area (Å²) in [5.41, 5.74) is 0. The number of isocyanates is 1. The lowest BCUT2D eigenvalue weighted by atomic mass is 10.4. The Morgan fingerprint density at radius 2 is 2.08 bits per heavy atom. The maximum absolute atomic E-state index is 9.76. The highest BCUT2D eigenvalue weighted by Gasteiger charge is 1.98. The zero-order chi connectivity index (χ0) is 8.97. The average Bonchev–Trinajstić information content (AvgIpc) is 2.07. The summed E-state index contributed by atoms with van der Waals surface area (Å²) < 4.78 is 3.32. The molecule has 0 saturated carbocycles. The summed E-state index contributed by atoms with van der Waals surface area (Å²) in [4.78, 5) is 10.5. The van der Waals surface area contributed by atoms with Crippen LogP contribution in [0.5, 0.6) is 0 Å². The quantitative estimate of drug-likeness (QED) is 0.434. The molecule has 1 rings (SSSR count). The Morgan fingerprint density at radius 1 is 1.33 bits per heavy atom. The summed E-state index contributed by atoms with van der Waals surface area (Å²) in [6, 6.07) is 5.00. The van der Waals surface area contributed by atoms with Gasteiger partial charge in [-0.3, -0.25) is 0 Å². The molecule has 0 spiro atoms. The lowest BCUT2D eigenvalue weighted by molar-refractivity contribution is 0.566. The van der Waals surface area contributed by atoms with E-state index >= 15 is 0 Å². The Labute approximate surface area is 83.7 Å². The van der Waals surface area contributed by atoms with Gasteiger partial charge in [0.1, 0.15) is 0 Å². The maximum atomic E-state index is 9.76. The molecule has 0 aromatic heterocycles. The van der Waals surface area contributed by atoms with Crippen LogP contribution in [0, 0.1) is 0 Å². The molecule has 0 unspecified atom stereocenters. The van der Waals surface area contributed by atoms with Crippen molar-refractivity contribution in [2.24, 2.45) is 4.40 Å². The zero-order valence-electron chi connectivity index (χ0n) is 5.75. The third-order valence-corrected chi connectivity index (χ3v) is 2.45. The smallest absolute Gasteiger partial charge is 0.210 e. The van der Waals surface area contributed by atoms with E-state index in [-0.39, 0.29) is 0 Å². The molecule has 0 atom stereocenters. The third kappa shape index (κ3) is 2.54. The van der Waals surface area contributed by atoms with E-state index < -0.39 is 0 Å². The highest BCUT2D eigenvalue weighted by Crippen LogP contribution is 2.27. The van der Waals surface area contributed by atoms with Gasteiger partial charge in [-0.05, 0) is 18.2 Å². The number of nitrogens with zero attached hydrogens (tertiary/aromatic N) is 1. The predicted molar refractivity (Wildman–Crippen MR) is 50.4 cm³/mol. The molecule has 0 fully saturated rings.